The van der Waals surface area contributed by atoms with Crippen molar-refractivity contribution in [3.8, 4) is 0 Å². The van der Waals surface area contributed by atoms with E-state index in [1.54, 1.807) is 0 Å². The smallest absolute Gasteiger partial charge is 0.221 e. The quantitative estimate of drug-likeness (QED) is 0.745. The van der Waals surface area contributed by atoms with Crippen LogP contribution in [0, 0.1) is 5.92 Å². The average Bonchev–Trinajstić information content (AvgIpc) is 3.13. The highest BCUT2D eigenvalue weighted by Crippen LogP contribution is 2.26. The maximum Gasteiger partial charge on any atom is 0.221 e. The molecule has 0 aliphatic heterocycles. The van der Waals surface area contributed by atoms with Gasteiger partial charge in [-0.1, -0.05) is 26.2 Å². The highest BCUT2D eigenvalue weighted by Gasteiger charge is 2.24. The number of rotatable bonds is 6. The first-order valence-corrected chi connectivity index (χ1v) is 7.32. The van der Waals surface area contributed by atoms with Crippen LogP contribution in [0.15, 0.2) is 0 Å². The molecule has 2 aliphatic carbocycles. The largest absolute Gasteiger partial charge is 0.353 e. The molecule has 17 heavy (non-hydrogen) atoms. The van der Waals surface area contributed by atoms with Gasteiger partial charge in [0, 0.05) is 25.0 Å². The molecule has 3 nitrogen and oxygen atoms in total. The molecule has 2 saturated carbocycles. The molecule has 0 aromatic rings. The second-order valence-corrected chi connectivity index (χ2v) is 5.61. The Morgan fingerprint density at radius 1 is 1.18 bits per heavy atom. The molecular weight excluding hydrogens is 212 g/mol. The lowest BCUT2D eigenvalue weighted by Crippen LogP contribution is -2.40. The Hall–Kier alpha value is -0.570. The van der Waals surface area contributed by atoms with Crippen molar-refractivity contribution in [3.63, 3.8) is 0 Å². The summed E-state index contributed by atoms with van der Waals surface area (Å²) in [5.41, 5.74) is 0. The van der Waals surface area contributed by atoms with Crippen LogP contribution in [0.2, 0.25) is 0 Å². The van der Waals surface area contributed by atoms with E-state index in [1.165, 1.54) is 44.9 Å². The molecule has 2 atom stereocenters. The van der Waals surface area contributed by atoms with Crippen LogP contribution in [0.1, 0.15) is 58.3 Å². The third kappa shape index (κ3) is 4.30. The molecule has 0 bridgehead atoms. The third-order valence-electron chi connectivity index (χ3n) is 4.13. The number of carbonyl (C=O) groups excluding carboxylic acids is 1. The van der Waals surface area contributed by atoms with Gasteiger partial charge in [0.05, 0.1) is 0 Å². The second-order valence-electron chi connectivity index (χ2n) is 5.61. The normalized spacial score (nSPS) is 29.0. The van der Waals surface area contributed by atoms with Gasteiger partial charge in [-0.25, -0.2) is 0 Å². The Labute approximate surface area is 105 Å². The number of hydrogen-bond donors (Lipinski definition) is 2. The molecule has 0 radical (unpaired) electrons. The molecule has 0 aromatic carbocycles. The van der Waals surface area contributed by atoms with Crippen LogP contribution in [0.4, 0.5) is 0 Å². The maximum atomic E-state index is 11.5. The monoisotopic (exact) mass is 238 g/mol. The molecule has 98 valence electrons. The number of amides is 1. The Bertz CT molecular complexity index is 251. The molecule has 0 aromatic heterocycles. The first-order chi connectivity index (χ1) is 8.29. The molecule has 2 N–H and O–H groups in total. The summed E-state index contributed by atoms with van der Waals surface area (Å²) in [6, 6.07) is 1.16. The van der Waals surface area contributed by atoms with E-state index in [2.05, 4.69) is 17.6 Å². The van der Waals surface area contributed by atoms with Crippen LogP contribution in [-0.4, -0.2) is 24.5 Å². The van der Waals surface area contributed by atoms with Crippen molar-refractivity contribution in [1.29, 1.82) is 0 Å². The second kappa shape index (κ2) is 6.39. The Balaban J connectivity index is 1.60. The van der Waals surface area contributed by atoms with Crippen LogP contribution in [-0.2, 0) is 4.79 Å². The predicted octanol–water partition coefficient (Wildman–Crippen LogP) is 2.21. The SMILES string of the molecule is CCC1CCCCC1NCCC(=O)NC1CC1. The van der Waals surface area contributed by atoms with E-state index in [1.807, 2.05) is 0 Å². The lowest BCUT2D eigenvalue weighted by molar-refractivity contribution is -0.121. The van der Waals surface area contributed by atoms with Gasteiger partial charge in [0.1, 0.15) is 0 Å². The fraction of sp³-hybridized carbons (Fsp3) is 0.929. The summed E-state index contributed by atoms with van der Waals surface area (Å²) in [6.45, 7) is 3.13. The van der Waals surface area contributed by atoms with E-state index in [4.69, 9.17) is 0 Å². The van der Waals surface area contributed by atoms with E-state index < -0.39 is 0 Å². The first kappa shape index (κ1) is 12.9. The van der Waals surface area contributed by atoms with E-state index in [0.29, 0.717) is 18.5 Å². The standard InChI is InChI=1S/C14H26N2O/c1-2-11-5-3-4-6-13(11)15-10-9-14(17)16-12-7-8-12/h11-13,15H,2-10H2,1H3,(H,16,17). The van der Waals surface area contributed by atoms with Gasteiger partial charge < -0.3 is 10.6 Å². The first-order valence-electron chi connectivity index (χ1n) is 7.32. The lowest BCUT2D eigenvalue weighted by atomic mass is 9.83. The van der Waals surface area contributed by atoms with Gasteiger partial charge >= 0.3 is 0 Å². The minimum absolute atomic E-state index is 0.226. The summed E-state index contributed by atoms with van der Waals surface area (Å²) in [5.74, 6) is 1.05. The summed E-state index contributed by atoms with van der Waals surface area (Å²) in [6.07, 6.45) is 9.67. The zero-order valence-corrected chi connectivity index (χ0v) is 11.0. The minimum Gasteiger partial charge on any atom is -0.353 e. The van der Waals surface area contributed by atoms with E-state index >= 15 is 0 Å². The predicted molar refractivity (Wildman–Crippen MR) is 69.8 cm³/mol. The van der Waals surface area contributed by atoms with E-state index in [-0.39, 0.29) is 5.91 Å². The Morgan fingerprint density at radius 3 is 2.65 bits per heavy atom. The van der Waals surface area contributed by atoms with Crippen molar-refractivity contribution in [2.24, 2.45) is 5.92 Å². The molecule has 2 rings (SSSR count). The lowest BCUT2D eigenvalue weighted by Gasteiger charge is -2.31. The highest BCUT2D eigenvalue weighted by molar-refractivity contribution is 5.76. The topological polar surface area (TPSA) is 41.1 Å². The van der Waals surface area contributed by atoms with Crippen LogP contribution < -0.4 is 10.6 Å². The molecule has 3 heteroatoms. The van der Waals surface area contributed by atoms with Crippen molar-refractivity contribution in [1.82, 2.24) is 10.6 Å². The third-order valence-corrected chi connectivity index (χ3v) is 4.13. The van der Waals surface area contributed by atoms with Crippen LogP contribution >= 0.6 is 0 Å². The number of nitrogens with one attached hydrogen (secondary N) is 2. The van der Waals surface area contributed by atoms with Gasteiger partial charge in [0.25, 0.3) is 0 Å². The summed E-state index contributed by atoms with van der Waals surface area (Å²) in [7, 11) is 0. The summed E-state index contributed by atoms with van der Waals surface area (Å²) in [4.78, 5) is 11.5. The maximum absolute atomic E-state index is 11.5. The van der Waals surface area contributed by atoms with Gasteiger partial charge in [0.2, 0.25) is 5.91 Å². The molecule has 2 unspecified atom stereocenters. The van der Waals surface area contributed by atoms with E-state index in [9.17, 15) is 4.79 Å². The van der Waals surface area contributed by atoms with Crippen LogP contribution in [0.5, 0.6) is 0 Å². The van der Waals surface area contributed by atoms with Gasteiger partial charge in [-0.05, 0) is 31.6 Å². The fourth-order valence-corrected chi connectivity index (χ4v) is 2.86. The Morgan fingerprint density at radius 2 is 1.94 bits per heavy atom. The number of hydrogen-bond acceptors (Lipinski definition) is 2. The molecule has 2 aliphatic rings. The highest BCUT2D eigenvalue weighted by atomic mass is 16.1. The van der Waals surface area contributed by atoms with Gasteiger partial charge in [-0.15, -0.1) is 0 Å². The zero-order chi connectivity index (χ0) is 12.1. The molecule has 1 amide bonds. The van der Waals surface area contributed by atoms with Crippen LogP contribution in [0.3, 0.4) is 0 Å². The molecule has 0 spiro atoms. The summed E-state index contributed by atoms with van der Waals surface area (Å²) < 4.78 is 0. The van der Waals surface area contributed by atoms with Gasteiger partial charge in [-0.2, -0.15) is 0 Å². The zero-order valence-electron chi connectivity index (χ0n) is 11.0. The Kier molecular flexibility index (Phi) is 4.84. The summed E-state index contributed by atoms with van der Waals surface area (Å²) >= 11 is 0. The molecule has 0 saturated heterocycles. The van der Waals surface area contributed by atoms with E-state index in [0.717, 1.165) is 12.5 Å². The van der Waals surface area contributed by atoms with Crippen LogP contribution in [0.25, 0.3) is 0 Å². The fourth-order valence-electron chi connectivity index (χ4n) is 2.86. The minimum atomic E-state index is 0.226. The van der Waals surface area contributed by atoms with Gasteiger partial charge in [0.15, 0.2) is 0 Å². The van der Waals surface area contributed by atoms with Gasteiger partial charge in [-0.3, -0.25) is 4.79 Å². The average molecular weight is 238 g/mol. The van der Waals surface area contributed by atoms with Crippen molar-refractivity contribution in [2.45, 2.75) is 70.4 Å². The van der Waals surface area contributed by atoms with Crippen molar-refractivity contribution in [3.05, 3.63) is 0 Å². The number of carbonyl (C=O) groups is 1. The van der Waals surface area contributed by atoms with Crippen molar-refractivity contribution < 1.29 is 4.79 Å². The summed E-state index contributed by atoms with van der Waals surface area (Å²) in [5, 5.41) is 6.62. The molecule has 0 heterocycles. The van der Waals surface area contributed by atoms with Crippen molar-refractivity contribution >= 4 is 5.91 Å². The molecule has 2 fully saturated rings. The molecular formula is C14H26N2O. The van der Waals surface area contributed by atoms with Crippen molar-refractivity contribution in [2.75, 3.05) is 6.54 Å².